The number of thiophene rings is 1. The van der Waals surface area contributed by atoms with Gasteiger partial charge in [-0.1, -0.05) is 23.9 Å². The van der Waals surface area contributed by atoms with Gasteiger partial charge in [0.2, 0.25) is 0 Å². The van der Waals surface area contributed by atoms with Crippen LogP contribution in [0.25, 0.3) is 16.4 Å². The highest BCUT2D eigenvalue weighted by Gasteiger charge is 2.09. The molecule has 0 spiro atoms. The van der Waals surface area contributed by atoms with E-state index in [2.05, 4.69) is 9.97 Å². The number of aromatic nitrogens is 3. The van der Waals surface area contributed by atoms with E-state index in [0.717, 1.165) is 10.6 Å². The highest BCUT2D eigenvalue weighted by Crippen LogP contribution is 2.25. The van der Waals surface area contributed by atoms with Crippen molar-refractivity contribution in [2.45, 2.75) is 5.16 Å². The molecule has 0 unspecified atom stereocenters. The third-order valence-corrected chi connectivity index (χ3v) is 4.16. The third kappa shape index (κ3) is 2.52. The second-order valence-electron chi connectivity index (χ2n) is 3.98. The van der Waals surface area contributed by atoms with Crippen molar-refractivity contribution in [3.63, 3.8) is 0 Å². The molecule has 0 aliphatic rings. The van der Waals surface area contributed by atoms with E-state index in [4.69, 9.17) is 0 Å². The van der Waals surface area contributed by atoms with Crippen molar-refractivity contribution in [1.29, 1.82) is 0 Å². The Morgan fingerprint density at radius 3 is 2.80 bits per heavy atom. The Hall–Kier alpha value is -1.92. The van der Waals surface area contributed by atoms with E-state index in [1.54, 1.807) is 23.6 Å². The molecule has 0 saturated heterocycles. The molecule has 0 aliphatic heterocycles. The molecule has 0 amide bonds. The van der Waals surface area contributed by atoms with Crippen LogP contribution in [0.2, 0.25) is 0 Å². The van der Waals surface area contributed by atoms with E-state index in [1.807, 2.05) is 35.9 Å². The number of rotatable bonds is 3. The fourth-order valence-electron chi connectivity index (χ4n) is 1.79. The average molecular weight is 301 g/mol. The number of nitrogens with zero attached hydrogens (tertiary/aromatic N) is 3. The van der Waals surface area contributed by atoms with Crippen molar-refractivity contribution < 1.29 is 0 Å². The molecule has 0 bridgehead atoms. The van der Waals surface area contributed by atoms with Crippen molar-refractivity contribution in [3.8, 4) is 16.4 Å². The summed E-state index contributed by atoms with van der Waals surface area (Å²) in [6.45, 7) is 0. The first-order valence-corrected chi connectivity index (χ1v) is 8.03. The maximum atomic E-state index is 11.9. The monoisotopic (exact) mass is 301 g/mol. The van der Waals surface area contributed by atoms with Crippen LogP contribution in [0.1, 0.15) is 0 Å². The minimum Gasteiger partial charge on any atom is -0.269 e. The summed E-state index contributed by atoms with van der Waals surface area (Å²) in [5.41, 5.74) is 0.737. The van der Waals surface area contributed by atoms with Gasteiger partial charge >= 0.3 is 0 Å². The zero-order chi connectivity index (χ0) is 13.9. The Bertz CT molecular complexity index is 781. The van der Waals surface area contributed by atoms with Gasteiger partial charge in [0.15, 0.2) is 5.16 Å². The molecule has 0 fully saturated rings. The number of thioether (sulfide) groups is 1. The lowest BCUT2D eigenvalue weighted by atomic mass is 10.3. The second kappa shape index (κ2) is 5.60. The molecule has 0 N–H and O–H groups in total. The quantitative estimate of drug-likeness (QED) is 0.551. The normalized spacial score (nSPS) is 10.7. The summed E-state index contributed by atoms with van der Waals surface area (Å²) in [7, 11) is 0. The maximum absolute atomic E-state index is 11.9. The first-order valence-electron chi connectivity index (χ1n) is 5.93. The van der Waals surface area contributed by atoms with Crippen LogP contribution in [0.3, 0.4) is 0 Å². The second-order valence-corrected chi connectivity index (χ2v) is 5.71. The van der Waals surface area contributed by atoms with Gasteiger partial charge in [-0.3, -0.25) is 9.36 Å². The molecule has 0 radical (unpaired) electrons. The predicted octanol–water partition coefficient (Wildman–Crippen LogP) is 3.08. The highest BCUT2D eigenvalue weighted by atomic mass is 32.2. The number of pyridine rings is 1. The lowest BCUT2D eigenvalue weighted by Crippen LogP contribution is -2.17. The smallest absolute Gasteiger partial charge is 0.256 e. The molecule has 0 aliphatic carbocycles. The van der Waals surface area contributed by atoms with Crippen molar-refractivity contribution in [1.82, 2.24) is 14.5 Å². The molecular weight excluding hydrogens is 290 g/mol. The van der Waals surface area contributed by atoms with Gasteiger partial charge in [0.25, 0.3) is 5.56 Å². The van der Waals surface area contributed by atoms with Crippen LogP contribution in [-0.2, 0) is 0 Å². The molecule has 3 heterocycles. The first-order chi connectivity index (χ1) is 9.78. The van der Waals surface area contributed by atoms with Crippen LogP contribution in [-0.4, -0.2) is 20.8 Å². The number of hydrogen-bond donors (Lipinski definition) is 0. The molecule has 0 aromatic carbocycles. The number of hydrogen-bond acceptors (Lipinski definition) is 5. The molecule has 20 heavy (non-hydrogen) atoms. The summed E-state index contributed by atoms with van der Waals surface area (Å²) in [5.74, 6) is 0.596. The van der Waals surface area contributed by atoms with Gasteiger partial charge in [-0.15, -0.1) is 11.3 Å². The molecule has 6 heteroatoms. The van der Waals surface area contributed by atoms with E-state index in [0.29, 0.717) is 11.0 Å². The standard InChI is InChI=1S/C14H11N3OS2/c1-19-14-15-10(11-5-4-8-20-11)9-12(16-14)17-7-3-2-6-13(17)18/h2-9H,1H3. The highest BCUT2D eigenvalue weighted by molar-refractivity contribution is 7.98. The maximum Gasteiger partial charge on any atom is 0.256 e. The molecule has 0 saturated carbocycles. The Morgan fingerprint density at radius 1 is 1.20 bits per heavy atom. The topological polar surface area (TPSA) is 47.8 Å². The minimum atomic E-state index is -0.101. The van der Waals surface area contributed by atoms with Crippen LogP contribution >= 0.6 is 23.1 Å². The van der Waals surface area contributed by atoms with Gasteiger partial charge in [0.05, 0.1) is 10.6 Å². The summed E-state index contributed by atoms with van der Waals surface area (Å²) in [6, 6.07) is 10.9. The molecule has 100 valence electrons. The first kappa shape index (κ1) is 13.1. The van der Waals surface area contributed by atoms with Crippen LogP contribution < -0.4 is 5.56 Å². The predicted molar refractivity (Wildman–Crippen MR) is 82.7 cm³/mol. The lowest BCUT2D eigenvalue weighted by Gasteiger charge is -2.07. The SMILES string of the molecule is CSc1nc(-c2cccs2)cc(-n2ccccc2=O)n1. The van der Waals surface area contributed by atoms with Crippen molar-refractivity contribution in [2.75, 3.05) is 6.26 Å². The van der Waals surface area contributed by atoms with Gasteiger partial charge in [-0.05, 0) is 23.8 Å². The molecule has 3 rings (SSSR count). The van der Waals surface area contributed by atoms with Gasteiger partial charge in [-0.25, -0.2) is 9.97 Å². The largest absolute Gasteiger partial charge is 0.269 e. The van der Waals surface area contributed by atoms with E-state index in [1.165, 1.54) is 22.4 Å². The summed E-state index contributed by atoms with van der Waals surface area (Å²) in [5, 5.41) is 2.66. The molecule has 0 atom stereocenters. The van der Waals surface area contributed by atoms with Crippen molar-refractivity contribution in [2.24, 2.45) is 0 Å². The molecule has 4 nitrogen and oxygen atoms in total. The Balaban J connectivity index is 2.19. The van der Waals surface area contributed by atoms with E-state index in [-0.39, 0.29) is 5.56 Å². The summed E-state index contributed by atoms with van der Waals surface area (Å²) >= 11 is 3.08. The Labute approximate surface area is 124 Å². The summed E-state index contributed by atoms with van der Waals surface area (Å²) in [6.07, 6.45) is 3.64. The van der Waals surface area contributed by atoms with Crippen LogP contribution in [0.4, 0.5) is 0 Å². The van der Waals surface area contributed by atoms with Gasteiger partial charge in [0, 0.05) is 18.3 Å². The van der Waals surface area contributed by atoms with Crippen LogP contribution in [0, 0.1) is 0 Å². The fourth-order valence-corrected chi connectivity index (χ4v) is 2.86. The fraction of sp³-hybridized carbons (Fsp3) is 0.0714. The van der Waals surface area contributed by atoms with Gasteiger partial charge < -0.3 is 0 Å². The van der Waals surface area contributed by atoms with Gasteiger partial charge in [0.1, 0.15) is 5.82 Å². The zero-order valence-corrected chi connectivity index (χ0v) is 12.3. The van der Waals surface area contributed by atoms with E-state index in [9.17, 15) is 4.79 Å². The van der Waals surface area contributed by atoms with Crippen molar-refractivity contribution >= 4 is 23.1 Å². The van der Waals surface area contributed by atoms with Gasteiger partial charge in [-0.2, -0.15) is 0 Å². The van der Waals surface area contributed by atoms with E-state index < -0.39 is 0 Å². The molecule has 3 aromatic heterocycles. The zero-order valence-electron chi connectivity index (χ0n) is 10.7. The third-order valence-electron chi connectivity index (χ3n) is 2.72. The van der Waals surface area contributed by atoms with E-state index >= 15 is 0 Å². The molecular formula is C14H11N3OS2. The molecule has 3 aromatic rings. The Kier molecular flexibility index (Phi) is 3.66. The minimum absolute atomic E-state index is 0.101. The summed E-state index contributed by atoms with van der Waals surface area (Å²) in [4.78, 5) is 21.9. The lowest BCUT2D eigenvalue weighted by molar-refractivity contribution is 0.870. The average Bonchev–Trinajstić information content (AvgIpc) is 3.01. The Morgan fingerprint density at radius 2 is 2.10 bits per heavy atom. The van der Waals surface area contributed by atoms with Crippen molar-refractivity contribution in [3.05, 3.63) is 58.3 Å². The summed E-state index contributed by atoms with van der Waals surface area (Å²) < 4.78 is 1.53. The van der Waals surface area contributed by atoms with Crippen LogP contribution in [0.15, 0.2) is 57.9 Å². The van der Waals surface area contributed by atoms with Crippen LogP contribution in [0.5, 0.6) is 0 Å².